The molecule has 4 heterocycles. The first-order chi connectivity index (χ1) is 16.5. The number of hydrogen-bond acceptors (Lipinski definition) is 7. The molecule has 9 nitrogen and oxygen atoms in total. The molecule has 0 spiro atoms. The zero-order valence-electron chi connectivity index (χ0n) is 19.7. The molecule has 34 heavy (non-hydrogen) atoms. The minimum atomic E-state index is -1.18. The van der Waals surface area contributed by atoms with E-state index < -0.39 is 6.16 Å². The maximum Gasteiger partial charge on any atom is 0.506 e. The van der Waals surface area contributed by atoms with Gasteiger partial charge in [0.05, 0.1) is 16.6 Å². The van der Waals surface area contributed by atoms with Gasteiger partial charge in [-0.3, -0.25) is 9.48 Å². The Bertz CT molecular complexity index is 1010. The van der Waals surface area contributed by atoms with Gasteiger partial charge in [-0.1, -0.05) is 0 Å². The lowest BCUT2D eigenvalue weighted by Gasteiger charge is -2.40. The van der Waals surface area contributed by atoms with Crippen molar-refractivity contribution in [1.29, 1.82) is 0 Å². The molecular weight excluding hydrogens is 456 g/mol. The van der Waals surface area contributed by atoms with Crippen LogP contribution in [0.15, 0.2) is 6.07 Å². The van der Waals surface area contributed by atoms with Gasteiger partial charge >= 0.3 is 6.16 Å². The van der Waals surface area contributed by atoms with E-state index in [1.54, 1.807) is 11.3 Å². The molecule has 186 valence electrons. The average molecular weight is 491 g/mol. The summed E-state index contributed by atoms with van der Waals surface area (Å²) in [7, 11) is 0. The summed E-state index contributed by atoms with van der Waals surface area (Å²) in [5.41, 5.74) is 0.981. The fourth-order valence-electron chi connectivity index (χ4n) is 5.70. The number of aromatic nitrogens is 2. The topological polar surface area (TPSA) is 106 Å². The summed E-state index contributed by atoms with van der Waals surface area (Å²) in [6.07, 6.45) is 6.16. The lowest BCUT2D eigenvalue weighted by Crippen LogP contribution is -2.47. The van der Waals surface area contributed by atoms with Crippen LogP contribution in [0.4, 0.5) is 4.79 Å². The number of thiophene rings is 1. The largest absolute Gasteiger partial charge is 0.506 e. The number of carbonyl (C=O) groups is 2. The lowest BCUT2D eigenvalue weighted by molar-refractivity contribution is 0.00674. The Balaban J connectivity index is 1.14. The zero-order chi connectivity index (χ0) is 23.7. The third-order valence-electron chi connectivity index (χ3n) is 7.62. The number of aryl methyl sites for hydroxylation is 1. The Morgan fingerprint density at radius 3 is 2.47 bits per heavy atom. The molecule has 2 aromatic heterocycles. The highest BCUT2D eigenvalue weighted by Gasteiger charge is 2.31. The van der Waals surface area contributed by atoms with Crippen LogP contribution >= 0.6 is 11.3 Å². The molecule has 2 aromatic rings. The molecule has 1 aliphatic carbocycles. The van der Waals surface area contributed by atoms with Crippen molar-refractivity contribution in [2.24, 2.45) is 0 Å². The molecule has 10 heteroatoms. The Labute approximate surface area is 203 Å². The highest BCUT2D eigenvalue weighted by atomic mass is 32.1. The summed E-state index contributed by atoms with van der Waals surface area (Å²) in [5, 5.41) is 17.9. The molecule has 0 unspecified atom stereocenters. The second-order valence-corrected chi connectivity index (χ2v) is 10.8. The van der Waals surface area contributed by atoms with Gasteiger partial charge in [0.15, 0.2) is 0 Å². The van der Waals surface area contributed by atoms with Crippen LogP contribution in [0.1, 0.15) is 72.8 Å². The first kappa shape index (κ1) is 23.6. The van der Waals surface area contributed by atoms with Crippen molar-refractivity contribution in [1.82, 2.24) is 20.0 Å². The van der Waals surface area contributed by atoms with Crippen LogP contribution in [0.3, 0.4) is 0 Å². The predicted molar refractivity (Wildman–Crippen MR) is 129 cm³/mol. The van der Waals surface area contributed by atoms with E-state index in [2.05, 4.69) is 14.9 Å². The number of fused-ring (bicyclic) bond motifs is 1. The van der Waals surface area contributed by atoms with Crippen molar-refractivity contribution in [3.63, 3.8) is 0 Å². The smallest absolute Gasteiger partial charge is 0.450 e. The number of nitrogens with one attached hydrogen (secondary N) is 1. The van der Waals surface area contributed by atoms with Crippen molar-refractivity contribution >= 4 is 33.6 Å². The van der Waals surface area contributed by atoms with Crippen LogP contribution in [0, 0.1) is 6.92 Å². The molecule has 2 aliphatic heterocycles. The van der Waals surface area contributed by atoms with Gasteiger partial charge in [-0.05, 0) is 64.4 Å². The highest BCUT2D eigenvalue weighted by Crippen LogP contribution is 2.33. The highest BCUT2D eigenvalue weighted by molar-refractivity contribution is 7.20. The van der Waals surface area contributed by atoms with Gasteiger partial charge in [0, 0.05) is 43.8 Å². The molecule has 2 N–H and O–H groups in total. The van der Waals surface area contributed by atoms with E-state index in [1.807, 2.05) is 13.0 Å². The first-order valence-electron chi connectivity index (χ1n) is 12.5. The van der Waals surface area contributed by atoms with Gasteiger partial charge in [-0.15, -0.1) is 11.3 Å². The second kappa shape index (κ2) is 10.2. The van der Waals surface area contributed by atoms with E-state index in [1.165, 1.54) is 0 Å². The Hall–Kier alpha value is -2.17. The van der Waals surface area contributed by atoms with Gasteiger partial charge < -0.3 is 24.8 Å². The fraction of sp³-hybridized carbons (Fsp3) is 0.708. The number of nitrogens with zero attached hydrogens (tertiary/aromatic N) is 3. The molecular formula is C24H34N4O5S. The van der Waals surface area contributed by atoms with E-state index in [-0.39, 0.29) is 18.1 Å². The van der Waals surface area contributed by atoms with Crippen LogP contribution in [0.25, 0.3) is 10.2 Å². The maximum atomic E-state index is 13.1. The van der Waals surface area contributed by atoms with Crippen LogP contribution in [-0.2, 0) is 9.47 Å². The number of carboxylic acid groups (broad SMARTS) is 1. The van der Waals surface area contributed by atoms with Crippen molar-refractivity contribution < 1.29 is 24.2 Å². The minimum Gasteiger partial charge on any atom is -0.450 e. The number of piperidine rings is 1. The number of hydrogen-bond donors (Lipinski definition) is 2. The van der Waals surface area contributed by atoms with Crippen molar-refractivity contribution in [2.75, 3.05) is 26.3 Å². The standard InChI is InChI=1S/C24H34N4O5S/c1-15-20-14-21(34-23(20)28(26-15)18-8-12-32-13-9-18)22(29)25-16-2-4-17(5-3-16)27-10-6-19(7-11-27)33-24(30)31/h14,16-19H,2-13H2,1H3,(H,25,29)(H,30,31)/t16-,17-. The number of carbonyl (C=O) groups excluding carboxylic acids is 1. The molecule has 1 saturated carbocycles. The fourth-order valence-corrected chi connectivity index (χ4v) is 6.84. The van der Waals surface area contributed by atoms with Gasteiger partial charge in [-0.2, -0.15) is 5.10 Å². The zero-order valence-corrected chi connectivity index (χ0v) is 20.5. The predicted octanol–water partition coefficient (Wildman–Crippen LogP) is 3.96. The van der Waals surface area contributed by atoms with Crippen molar-refractivity contribution in [3.8, 4) is 0 Å². The Morgan fingerprint density at radius 1 is 1.09 bits per heavy atom. The summed E-state index contributed by atoms with van der Waals surface area (Å²) in [5.74, 6) is 0.0224. The molecule has 3 fully saturated rings. The van der Waals surface area contributed by atoms with Crippen LogP contribution < -0.4 is 5.32 Å². The SMILES string of the molecule is Cc1nn(C2CCOCC2)c2sc(C(=O)N[C@H]3CC[C@H](N4CCC(OC(=O)O)CC4)CC3)cc12. The van der Waals surface area contributed by atoms with E-state index in [0.717, 1.165) is 98.5 Å². The van der Waals surface area contributed by atoms with E-state index >= 15 is 0 Å². The maximum absolute atomic E-state index is 13.1. The summed E-state index contributed by atoms with van der Waals surface area (Å²) >= 11 is 1.55. The van der Waals surface area contributed by atoms with Gasteiger partial charge in [0.1, 0.15) is 10.9 Å². The number of ether oxygens (including phenoxy) is 2. The van der Waals surface area contributed by atoms with Crippen LogP contribution in [0.2, 0.25) is 0 Å². The van der Waals surface area contributed by atoms with Gasteiger partial charge in [0.2, 0.25) is 0 Å². The minimum absolute atomic E-state index is 0.0224. The van der Waals surface area contributed by atoms with E-state index in [4.69, 9.17) is 19.7 Å². The summed E-state index contributed by atoms with van der Waals surface area (Å²) in [6.45, 7) is 5.31. The number of rotatable bonds is 5. The van der Waals surface area contributed by atoms with Crippen molar-refractivity contribution in [3.05, 3.63) is 16.6 Å². The quantitative estimate of drug-likeness (QED) is 0.611. The normalized spacial score (nSPS) is 25.4. The molecule has 3 aliphatic rings. The molecule has 0 atom stereocenters. The van der Waals surface area contributed by atoms with E-state index in [0.29, 0.717) is 12.1 Å². The van der Waals surface area contributed by atoms with Crippen molar-refractivity contribution in [2.45, 2.75) is 82.5 Å². The molecule has 0 aromatic carbocycles. The summed E-state index contributed by atoms with van der Waals surface area (Å²) in [4.78, 5) is 28.1. The lowest BCUT2D eigenvalue weighted by atomic mass is 9.89. The molecule has 1 amide bonds. The third kappa shape index (κ3) is 5.08. The molecule has 0 radical (unpaired) electrons. The first-order valence-corrected chi connectivity index (χ1v) is 13.3. The monoisotopic (exact) mass is 490 g/mol. The molecule has 5 rings (SSSR count). The van der Waals surface area contributed by atoms with Crippen LogP contribution in [0.5, 0.6) is 0 Å². The summed E-state index contributed by atoms with van der Waals surface area (Å²) < 4.78 is 12.5. The Kier molecular flexibility index (Phi) is 7.08. The molecule has 2 saturated heterocycles. The number of amides is 1. The number of likely N-dealkylation sites (tertiary alicyclic amines) is 1. The average Bonchev–Trinajstić information content (AvgIpc) is 3.41. The Morgan fingerprint density at radius 2 is 1.79 bits per heavy atom. The summed E-state index contributed by atoms with van der Waals surface area (Å²) in [6, 6.07) is 3.06. The third-order valence-corrected chi connectivity index (χ3v) is 8.74. The second-order valence-electron chi connectivity index (χ2n) is 9.80. The molecule has 0 bridgehead atoms. The van der Waals surface area contributed by atoms with Crippen LogP contribution in [-0.4, -0.2) is 76.3 Å². The van der Waals surface area contributed by atoms with Gasteiger partial charge in [0.25, 0.3) is 5.91 Å². The van der Waals surface area contributed by atoms with E-state index in [9.17, 15) is 9.59 Å². The van der Waals surface area contributed by atoms with Gasteiger partial charge in [-0.25, -0.2) is 4.79 Å².